The lowest BCUT2D eigenvalue weighted by Crippen LogP contribution is -2.53. The molecule has 6 nitrogen and oxygen atoms in total. The number of thiazole rings is 1. The second kappa shape index (κ2) is 11.0. The molecule has 4 rings (SSSR count). The molecule has 1 fully saturated rings. The van der Waals surface area contributed by atoms with Crippen molar-refractivity contribution in [3.63, 3.8) is 0 Å². The number of carbonyl (C=O) groups excluding carboxylic acids is 2. The van der Waals surface area contributed by atoms with Crippen LogP contribution >= 0.6 is 11.3 Å². The molecule has 1 aliphatic carbocycles. The molecule has 7 heteroatoms. The molecule has 2 atom stereocenters. The topological polar surface area (TPSA) is 80.3 Å². The Hall–Kier alpha value is -3.19. The summed E-state index contributed by atoms with van der Waals surface area (Å²) in [6, 6.07) is 17.1. The Morgan fingerprint density at radius 2 is 1.57 bits per heavy atom. The van der Waals surface area contributed by atoms with Gasteiger partial charge in [-0.3, -0.25) is 9.59 Å². The van der Waals surface area contributed by atoms with Crippen molar-refractivity contribution in [2.75, 3.05) is 0 Å². The summed E-state index contributed by atoms with van der Waals surface area (Å²) in [5.41, 5.74) is 2.25. The Morgan fingerprint density at radius 1 is 0.943 bits per heavy atom. The molecular formula is C28H33N3O3S. The lowest BCUT2D eigenvalue weighted by Gasteiger charge is -2.32. The number of benzene rings is 2. The summed E-state index contributed by atoms with van der Waals surface area (Å²) in [5, 5.41) is 8.76. The van der Waals surface area contributed by atoms with E-state index in [0.29, 0.717) is 17.9 Å². The van der Waals surface area contributed by atoms with Crippen LogP contribution in [0.5, 0.6) is 5.75 Å². The molecule has 3 aromatic rings. The van der Waals surface area contributed by atoms with E-state index in [0.717, 1.165) is 36.4 Å². The van der Waals surface area contributed by atoms with Crippen LogP contribution in [0.3, 0.4) is 0 Å². The van der Waals surface area contributed by atoms with Gasteiger partial charge in [0, 0.05) is 23.0 Å². The number of nitrogens with zero attached hydrogens (tertiary/aromatic N) is 1. The van der Waals surface area contributed by atoms with Crippen molar-refractivity contribution in [3.05, 3.63) is 81.8 Å². The molecule has 2 amide bonds. The Bertz CT molecular complexity index is 1140. The molecule has 0 saturated heterocycles. The van der Waals surface area contributed by atoms with Crippen LogP contribution in [-0.4, -0.2) is 28.9 Å². The quantitative estimate of drug-likeness (QED) is 0.458. The molecule has 0 bridgehead atoms. The SMILES string of the molecule is CC(C)(C)c1ccc(C(=O)N[C@@H]2CCCC[C@@H]2NC(=O)c2csc(COc3ccccc3)n2)cc1. The summed E-state index contributed by atoms with van der Waals surface area (Å²) in [7, 11) is 0. The van der Waals surface area contributed by atoms with Crippen molar-refractivity contribution in [2.45, 2.75) is 70.6 Å². The molecule has 184 valence electrons. The highest BCUT2D eigenvalue weighted by molar-refractivity contribution is 7.09. The van der Waals surface area contributed by atoms with Crippen LogP contribution in [0.25, 0.3) is 0 Å². The number of para-hydroxylation sites is 1. The average molecular weight is 492 g/mol. The number of amides is 2. The van der Waals surface area contributed by atoms with E-state index in [2.05, 4.69) is 36.4 Å². The number of hydrogen-bond donors (Lipinski definition) is 2. The first-order valence-electron chi connectivity index (χ1n) is 12.1. The number of ether oxygens (including phenoxy) is 1. The van der Waals surface area contributed by atoms with Crippen molar-refractivity contribution in [3.8, 4) is 5.75 Å². The monoisotopic (exact) mass is 491 g/mol. The van der Waals surface area contributed by atoms with Crippen molar-refractivity contribution in [1.82, 2.24) is 15.6 Å². The van der Waals surface area contributed by atoms with E-state index in [1.807, 2.05) is 54.6 Å². The highest BCUT2D eigenvalue weighted by atomic mass is 32.1. The predicted octanol–water partition coefficient (Wildman–Crippen LogP) is 5.49. The van der Waals surface area contributed by atoms with Gasteiger partial charge in [-0.15, -0.1) is 11.3 Å². The van der Waals surface area contributed by atoms with Crippen LogP contribution in [0.2, 0.25) is 0 Å². The van der Waals surface area contributed by atoms with E-state index in [1.54, 1.807) is 5.38 Å². The van der Waals surface area contributed by atoms with Gasteiger partial charge in [-0.1, -0.05) is 63.9 Å². The molecule has 2 N–H and O–H groups in total. The molecular weight excluding hydrogens is 458 g/mol. The third kappa shape index (κ3) is 6.69. The van der Waals surface area contributed by atoms with E-state index < -0.39 is 0 Å². The third-order valence-corrected chi connectivity index (χ3v) is 7.12. The Kier molecular flexibility index (Phi) is 7.86. The molecule has 0 spiro atoms. The van der Waals surface area contributed by atoms with Gasteiger partial charge in [-0.2, -0.15) is 0 Å². The summed E-state index contributed by atoms with van der Waals surface area (Å²) in [6.45, 7) is 6.77. The minimum absolute atomic E-state index is 0.0387. The lowest BCUT2D eigenvalue weighted by atomic mass is 9.86. The molecule has 0 unspecified atom stereocenters. The van der Waals surface area contributed by atoms with Crippen LogP contribution in [-0.2, 0) is 12.0 Å². The van der Waals surface area contributed by atoms with Gasteiger partial charge in [-0.05, 0) is 48.1 Å². The van der Waals surface area contributed by atoms with Crippen LogP contribution in [0.15, 0.2) is 60.0 Å². The standard InChI is InChI=1S/C28H33N3O3S/c1-28(2,3)20-15-13-19(14-16-20)26(32)30-22-11-7-8-12-23(22)31-27(33)24-18-35-25(29-24)17-34-21-9-5-4-6-10-21/h4-6,9-10,13-16,18,22-23H,7-8,11-12,17H2,1-3H3,(H,30,32)(H,31,33)/t22-,23+/m1/s1. The number of carbonyl (C=O) groups is 2. The summed E-state index contributed by atoms with van der Waals surface area (Å²) in [5.74, 6) is 0.445. The molecule has 1 saturated carbocycles. The zero-order valence-corrected chi connectivity index (χ0v) is 21.4. The van der Waals surface area contributed by atoms with Crippen LogP contribution < -0.4 is 15.4 Å². The molecule has 0 aliphatic heterocycles. The normalized spacial score (nSPS) is 18.0. The van der Waals surface area contributed by atoms with Gasteiger partial charge in [-0.25, -0.2) is 4.98 Å². The zero-order chi connectivity index (χ0) is 24.8. The van der Waals surface area contributed by atoms with E-state index >= 15 is 0 Å². The second-order valence-electron chi connectivity index (χ2n) is 10.00. The van der Waals surface area contributed by atoms with E-state index in [1.165, 1.54) is 16.9 Å². The zero-order valence-electron chi connectivity index (χ0n) is 20.5. The Morgan fingerprint density at radius 3 is 2.20 bits per heavy atom. The molecule has 35 heavy (non-hydrogen) atoms. The second-order valence-corrected chi connectivity index (χ2v) is 10.9. The number of hydrogen-bond acceptors (Lipinski definition) is 5. The van der Waals surface area contributed by atoms with Crippen molar-refractivity contribution in [2.24, 2.45) is 0 Å². The molecule has 1 heterocycles. The summed E-state index contributed by atoms with van der Waals surface area (Å²) >= 11 is 1.40. The van der Waals surface area contributed by atoms with E-state index in [9.17, 15) is 9.59 Å². The van der Waals surface area contributed by atoms with Crippen molar-refractivity contribution >= 4 is 23.2 Å². The van der Waals surface area contributed by atoms with Crippen LogP contribution in [0, 0.1) is 0 Å². The fraction of sp³-hybridized carbons (Fsp3) is 0.393. The third-order valence-electron chi connectivity index (χ3n) is 6.30. The number of rotatable bonds is 7. The van der Waals surface area contributed by atoms with Gasteiger partial charge in [0.15, 0.2) is 0 Å². The minimum atomic E-state index is -0.215. The minimum Gasteiger partial charge on any atom is -0.486 e. The average Bonchev–Trinajstić information content (AvgIpc) is 3.33. The van der Waals surface area contributed by atoms with Gasteiger partial charge in [0.2, 0.25) is 0 Å². The maximum atomic E-state index is 12.9. The fourth-order valence-corrected chi connectivity index (χ4v) is 4.92. The van der Waals surface area contributed by atoms with Gasteiger partial charge in [0.05, 0.1) is 0 Å². The summed E-state index contributed by atoms with van der Waals surface area (Å²) in [6.07, 6.45) is 3.71. The fourth-order valence-electron chi connectivity index (χ4n) is 4.24. The molecule has 1 aliphatic rings. The smallest absolute Gasteiger partial charge is 0.271 e. The van der Waals surface area contributed by atoms with Crippen LogP contribution in [0.4, 0.5) is 0 Å². The maximum absolute atomic E-state index is 12.9. The van der Waals surface area contributed by atoms with Crippen molar-refractivity contribution in [1.29, 1.82) is 0 Å². The first-order chi connectivity index (χ1) is 16.8. The van der Waals surface area contributed by atoms with Crippen LogP contribution in [0.1, 0.15) is 77.9 Å². The summed E-state index contributed by atoms with van der Waals surface area (Å²) in [4.78, 5) is 30.3. The molecule has 1 aromatic heterocycles. The highest BCUT2D eigenvalue weighted by Gasteiger charge is 2.29. The Labute approximate surface area is 211 Å². The molecule has 2 aromatic carbocycles. The maximum Gasteiger partial charge on any atom is 0.271 e. The van der Waals surface area contributed by atoms with Crippen molar-refractivity contribution < 1.29 is 14.3 Å². The van der Waals surface area contributed by atoms with E-state index in [-0.39, 0.29) is 29.3 Å². The van der Waals surface area contributed by atoms with Gasteiger partial charge in [0.25, 0.3) is 11.8 Å². The lowest BCUT2D eigenvalue weighted by molar-refractivity contribution is 0.0860. The highest BCUT2D eigenvalue weighted by Crippen LogP contribution is 2.23. The Balaban J connectivity index is 1.34. The van der Waals surface area contributed by atoms with Gasteiger partial charge < -0.3 is 15.4 Å². The molecule has 0 radical (unpaired) electrons. The largest absolute Gasteiger partial charge is 0.486 e. The van der Waals surface area contributed by atoms with Gasteiger partial charge >= 0.3 is 0 Å². The first-order valence-corrected chi connectivity index (χ1v) is 13.0. The number of aromatic nitrogens is 1. The predicted molar refractivity (Wildman–Crippen MR) is 139 cm³/mol. The number of nitrogens with one attached hydrogen (secondary N) is 2. The summed E-state index contributed by atoms with van der Waals surface area (Å²) < 4.78 is 5.73. The van der Waals surface area contributed by atoms with E-state index in [4.69, 9.17) is 4.74 Å². The van der Waals surface area contributed by atoms with Gasteiger partial charge in [0.1, 0.15) is 23.1 Å². The first kappa shape index (κ1) is 24.9.